The molecule has 0 aliphatic carbocycles. The second-order valence-electron chi connectivity index (χ2n) is 3.65. The number of thiazole rings is 1. The van der Waals surface area contributed by atoms with E-state index in [1.54, 1.807) is 6.20 Å². The molecule has 2 rings (SSSR count). The lowest BCUT2D eigenvalue weighted by molar-refractivity contribution is 0.553. The molecule has 5 heteroatoms. The maximum absolute atomic E-state index is 13.4. The molecule has 17 heavy (non-hydrogen) atoms. The zero-order chi connectivity index (χ0) is 12.4. The topological polar surface area (TPSA) is 12.9 Å². The van der Waals surface area contributed by atoms with Crippen LogP contribution in [0.3, 0.4) is 0 Å². The van der Waals surface area contributed by atoms with Gasteiger partial charge in [-0.25, -0.2) is 13.8 Å². The second kappa shape index (κ2) is 5.10. The number of nitrogens with zero attached hydrogens (tertiary/aromatic N) is 1. The molecule has 0 spiro atoms. The molecule has 0 N–H and O–H groups in total. The lowest BCUT2D eigenvalue weighted by Gasteiger charge is -2.08. The van der Waals surface area contributed by atoms with Crippen LogP contribution in [0.2, 0.25) is 0 Å². The minimum atomic E-state index is -0.558. The van der Waals surface area contributed by atoms with Gasteiger partial charge in [0.2, 0.25) is 0 Å². The first-order valence-corrected chi connectivity index (χ1v) is 6.32. The summed E-state index contributed by atoms with van der Waals surface area (Å²) < 4.78 is 26.8. The minimum Gasteiger partial charge on any atom is -0.250 e. The van der Waals surface area contributed by atoms with Gasteiger partial charge in [0.1, 0.15) is 11.6 Å². The van der Waals surface area contributed by atoms with E-state index in [4.69, 9.17) is 11.6 Å². The molecule has 0 radical (unpaired) electrons. The van der Waals surface area contributed by atoms with Gasteiger partial charge in [-0.2, -0.15) is 0 Å². The Morgan fingerprint density at radius 1 is 1.35 bits per heavy atom. The number of hydrogen-bond donors (Lipinski definition) is 0. The Hall–Kier alpha value is -1.00. The normalized spacial score (nSPS) is 12.7. The van der Waals surface area contributed by atoms with Gasteiger partial charge in [0.25, 0.3) is 0 Å². The third-order valence-electron chi connectivity index (χ3n) is 2.39. The van der Waals surface area contributed by atoms with Crippen LogP contribution in [-0.2, 0) is 6.42 Å². The fraction of sp³-hybridized carbons (Fsp3) is 0.250. The van der Waals surface area contributed by atoms with Gasteiger partial charge >= 0.3 is 0 Å². The first-order chi connectivity index (χ1) is 8.08. The summed E-state index contributed by atoms with van der Waals surface area (Å²) in [7, 11) is 0. The Morgan fingerprint density at radius 2 is 2.00 bits per heavy atom. The highest BCUT2D eigenvalue weighted by Crippen LogP contribution is 2.30. The molecule has 1 aromatic heterocycles. The van der Waals surface area contributed by atoms with Crippen molar-refractivity contribution in [1.29, 1.82) is 0 Å². The van der Waals surface area contributed by atoms with E-state index in [0.717, 1.165) is 9.88 Å². The minimum absolute atomic E-state index is 0.0264. The third kappa shape index (κ3) is 2.82. The first kappa shape index (κ1) is 12.5. The standard InChI is InChI=1S/C12H10ClF2NS/c1-7-16-6-12(17-7)9(13)5-8-10(14)3-2-4-11(8)15/h2-4,6,9H,5H2,1H3. The number of halogens is 3. The Balaban J connectivity index is 2.21. The van der Waals surface area contributed by atoms with Gasteiger partial charge in [-0.1, -0.05) is 6.07 Å². The summed E-state index contributed by atoms with van der Waals surface area (Å²) >= 11 is 7.57. The molecule has 0 fully saturated rings. The molecular formula is C12H10ClF2NS. The number of hydrogen-bond acceptors (Lipinski definition) is 2. The molecule has 0 aliphatic rings. The third-order valence-corrected chi connectivity index (χ3v) is 3.94. The Morgan fingerprint density at radius 3 is 2.53 bits per heavy atom. The lowest BCUT2D eigenvalue weighted by Crippen LogP contribution is -2.00. The highest BCUT2D eigenvalue weighted by molar-refractivity contribution is 7.11. The van der Waals surface area contributed by atoms with Crippen molar-refractivity contribution in [2.24, 2.45) is 0 Å². The average Bonchev–Trinajstić information content (AvgIpc) is 2.70. The van der Waals surface area contributed by atoms with E-state index in [1.807, 2.05) is 6.92 Å². The number of aromatic nitrogens is 1. The summed E-state index contributed by atoms with van der Waals surface area (Å²) in [6.07, 6.45) is 1.78. The largest absolute Gasteiger partial charge is 0.250 e. The molecule has 1 aromatic carbocycles. The Labute approximate surface area is 107 Å². The van der Waals surface area contributed by atoms with E-state index in [0.29, 0.717) is 0 Å². The first-order valence-electron chi connectivity index (χ1n) is 5.07. The zero-order valence-corrected chi connectivity index (χ0v) is 10.7. The molecule has 0 aliphatic heterocycles. The monoisotopic (exact) mass is 273 g/mol. The number of rotatable bonds is 3. The molecule has 1 heterocycles. The highest BCUT2D eigenvalue weighted by atomic mass is 35.5. The van der Waals surface area contributed by atoms with Crippen molar-refractivity contribution < 1.29 is 8.78 Å². The summed E-state index contributed by atoms with van der Waals surface area (Å²) in [5.74, 6) is -1.12. The molecule has 1 atom stereocenters. The fourth-order valence-electron chi connectivity index (χ4n) is 1.53. The average molecular weight is 274 g/mol. The molecule has 0 amide bonds. The van der Waals surface area contributed by atoms with Crippen molar-refractivity contribution in [2.45, 2.75) is 18.7 Å². The van der Waals surface area contributed by atoms with Crippen LogP contribution < -0.4 is 0 Å². The lowest BCUT2D eigenvalue weighted by atomic mass is 10.1. The quantitative estimate of drug-likeness (QED) is 0.762. The Kier molecular flexibility index (Phi) is 3.74. The molecule has 0 saturated carbocycles. The van der Waals surface area contributed by atoms with Crippen LogP contribution in [0.4, 0.5) is 8.78 Å². The van der Waals surface area contributed by atoms with E-state index in [2.05, 4.69) is 4.98 Å². The van der Waals surface area contributed by atoms with Gasteiger partial charge < -0.3 is 0 Å². The second-order valence-corrected chi connectivity index (χ2v) is 5.45. The van der Waals surface area contributed by atoms with Crippen molar-refractivity contribution in [1.82, 2.24) is 4.98 Å². The zero-order valence-electron chi connectivity index (χ0n) is 9.08. The maximum atomic E-state index is 13.4. The smallest absolute Gasteiger partial charge is 0.129 e. The predicted molar refractivity (Wildman–Crippen MR) is 65.5 cm³/mol. The van der Waals surface area contributed by atoms with Crippen LogP contribution in [-0.4, -0.2) is 4.98 Å². The van der Waals surface area contributed by atoms with Crippen molar-refractivity contribution in [2.75, 3.05) is 0 Å². The van der Waals surface area contributed by atoms with E-state index >= 15 is 0 Å². The van der Waals surface area contributed by atoms with E-state index in [9.17, 15) is 8.78 Å². The number of alkyl halides is 1. The van der Waals surface area contributed by atoms with Crippen LogP contribution in [0, 0.1) is 18.6 Å². The van der Waals surface area contributed by atoms with Crippen LogP contribution in [0.15, 0.2) is 24.4 Å². The van der Waals surface area contributed by atoms with E-state index in [-0.39, 0.29) is 12.0 Å². The summed E-state index contributed by atoms with van der Waals surface area (Å²) in [5, 5.41) is 0.437. The van der Waals surface area contributed by atoms with E-state index < -0.39 is 17.0 Å². The summed E-state index contributed by atoms with van der Waals surface area (Å²) in [5.41, 5.74) is 0.0264. The van der Waals surface area contributed by atoms with Gasteiger partial charge in [0, 0.05) is 16.6 Å². The SMILES string of the molecule is Cc1ncc(C(Cl)Cc2c(F)cccc2F)s1. The van der Waals surface area contributed by atoms with Gasteiger partial charge in [-0.3, -0.25) is 0 Å². The van der Waals surface area contributed by atoms with Gasteiger partial charge in [-0.05, 0) is 25.5 Å². The summed E-state index contributed by atoms with van der Waals surface area (Å²) in [6, 6.07) is 3.81. The maximum Gasteiger partial charge on any atom is 0.129 e. The molecule has 0 bridgehead atoms. The Bertz CT molecular complexity index is 507. The number of aryl methyl sites for hydroxylation is 1. The van der Waals surface area contributed by atoms with Crippen molar-refractivity contribution in [3.05, 3.63) is 51.5 Å². The molecular weight excluding hydrogens is 264 g/mol. The van der Waals surface area contributed by atoms with Gasteiger partial charge in [-0.15, -0.1) is 22.9 Å². The highest BCUT2D eigenvalue weighted by Gasteiger charge is 2.17. The van der Waals surface area contributed by atoms with Crippen LogP contribution in [0.5, 0.6) is 0 Å². The van der Waals surface area contributed by atoms with Crippen molar-refractivity contribution in [3.63, 3.8) is 0 Å². The van der Waals surface area contributed by atoms with Gasteiger partial charge in [0.15, 0.2) is 0 Å². The predicted octanol–water partition coefficient (Wildman–Crippen LogP) is 4.25. The molecule has 0 saturated heterocycles. The fourth-order valence-corrected chi connectivity index (χ4v) is 2.64. The van der Waals surface area contributed by atoms with Crippen LogP contribution in [0.1, 0.15) is 20.8 Å². The number of benzene rings is 1. The molecule has 1 unspecified atom stereocenters. The van der Waals surface area contributed by atoms with E-state index in [1.165, 1.54) is 29.5 Å². The van der Waals surface area contributed by atoms with Crippen molar-refractivity contribution in [3.8, 4) is 0 Å². The molecule has 2 aromatic rings. The van der Waals surface area contributed by atoms with Gasteiger partial charge in [0.05, 0.1) is 10.4 Å². The van der Waals surface area contributed by atoms with Crippen LogP contribution in [0.25, 0.3) is 0 Å². The van der Waals surface area contributed by atoms with Crippen LogP contribution >= 0.6 is 22.9 Å². The summed E-state index contributed by atoms with van der Waals surface area (Å²) in [6.45, 7) is 1.86. The summed E-state index contributed by atoms with van der Waals surface area (Å²) in [4.78, 5) is 4.90. The molecule has 90 valence electrons. The van der Waals surface area contributed by atoms with Crippen molar-refractivity contribution >= 4 is 22.9 Å². The molecule has 1 nitrogen and oxygen atoms in total.